The van der Waals surface area contributed by atoms with Crippen molar-refractivity contribution in [2.75, 3.05) is 0 Å². The summed E-state index contributed by atoms with van der Waals surface area (Å²) < 4.78 is 34.1. The summed E-state index contributed by atoms with van der Waals surface area (Å²) in [5.41, 5.74) is 1.25. The third kappa shape index (κ3) is 128. The van der Waals surface area contributed by atoms with Gasteiger partial charge in [0, 0.05) is 10.4 Å². The van der Waals surface area contributed by atoms with E-state index in [0.717, 1.165) is 6.42 Å². The van der Waals surface area contributed by atoms with Gasteiger partial charge >= 0.3 is 0 Å². The van der Waals surface area contributed by atoms with Crippen molar-refractivity contribution in [3.8, 4) is 0 Å². The molecule has 0 fully saturated rings. The van der Waals surface area contributed by atoms with Crippen LogP contribution in [0.1, 0.15) is 20.3 Å². The van der Waals surface area contributed by atoms with Gasteiger partial charge in [0.05, 0.1) is 0 Å². The summed E-state index contributed by atoms with van der Waals surface area (Å²) in [7, 11) is -5.17. The van der Waals surface area contributed by atoms with E-state index >= 15 is 0 Å². The van der Waals surface area contributed by atoms with E-state index < -0.39 is 10.4 Å². The average Bonchev–Trinajstić information content (AvgIpc) is 1.61. The molecule has 0 rings (SSSR count). The van der Waals surface area contributed by atoms with E-state index in [1.807, 2.05) is 6.92 Å². The Hall–Kier alpha value is -0.390. The molecule has 4 nitrogen and oxygen atoms in total. The van der Waals surface area contributed by atoms with Crippen molar-refractivity contribution >= 4 is 10.4 Å². The van der Waals surface area contributed by atoms with Crippen molar-refractivity contribution in [3.05, 3.63) is 12.2 Å². The monoisotopic (exact) mass is 166 g/mol. The topological polar surface area (TPSA) is 80.3 Å². The number of rotatable bonds is 1. The minimum atomic E-state index is -5.17. The highest BCUT2D eigenvalue weighted by Crippen LogP contribution is 1.88. The third-order valence-electron chi connectivity index (χ3n) is 0.604. The first kappa shape index (κ1) is 12.3. The SMILES string of the molecule is C=C(C)CC.O=S(=O)([O-])[O-]. The minimum absolute atomic E-state index is 1.11. The zero-order chi connectivity index (χ0) is 8.78. The largest absolute Gasteiger partial charge is 0.759 e. The minimum Gasteiger partial charge on any atom is -0.759 e. The zero-order valence-electron chi connectivity index (χ0n) is 5.96. The Morgan fingerprint density at radius 2 is 1.60 bits per heavy atom. The Balaban J connectivity index is 0. The van der Waals surface area contributed by atoms with E-state index in [1.54, 1.807) is 0 Å². The lowest BCUT2D eigenvalue weighted by molar-refractivity contribution is 0.352. The Morgan fingerprint density at radius 1 is 1.50 bits per heavy atom. The van der Waals surface area contributed by atoms with Crippen LogP contribution >= 0.6 is 0 Å². The van der Waals surface area contributed by atoms with Crippen molar-refractivity contribution in [1.29, 1.82) is 0 Å². The molecule has 0 atom stereocenters. The van der Waals surface area contributed by atoms with Crippen LogP contribution in [0.15, 0.2) is 12.2 Å². The Kier molecular flexibility index (Phi) is 6.64. The number of hydrogen-bond acceptors (Lipinski definition) is 4. The average molecular weight is 166 g/mol. The van der Waals surface area contributed by atoms with Crippen LogP contribution in [0.4, 0.5) is 0 Å². The smallest absolute Gasteiger partial charge is 0.0311 e. The molecule has 0 heterocycles. The van der Waals surface area contributed by atoms with Gasteiger partial charge in [-0.3, -0.25) is 8.42 Å². The van der Waals surface area contributed by atoms with Gasteiger partial charge in [0.2, 0.25) is 0 Å². The number of allylic oxidation sites excluding steroid dienone is 1. The molecule has 0 spiro atoms. The van der Waals surface area contributed by atoms with Crippen LogP contribution in [0.25, 0.3) is 0 Å². The molecule has 0 bridgehead atoms. The molecule has 0 aliphatic carbocycles. The van der Waals surface area contributed by atoms with Crippen molar-refractivity contribution < 1.29 is 17.5 Å². The van der Waals surface area contributed by atoms with Gasteiger partial charge in [-0.25, -0.2) is 0 Å². The molecule has 0 radical (unpaired) electrons. The third-order valence-corrected chi connectivity index (χ3v) is 0.604. The molecule has 0 aromatic carbocycles. The van der Waals surface area contributed by atoms with Crippen LogP contribution < -0.4 is 0 Å². The van der Waals surface area contributed by atoms with Gasteiger partial charge in [-0.2, -0.15) is 0 Å². The molecular weight excluding hydrogens is 156 g/mol. The standard InChI is InChI=1S/C5H10.H2O4S/c1-4-5(2)3;1-5(2,3)4/h2,4H2,1,3H3;(H2,1,2,3,4)/p-2. The van der Waals surface area contributed by atoms with Gasteiger partial charge < -0.3 is 9.11 Å². The van der Waals surface area contributed by atoms with Crippen molar-refractivity contribution in [2.45, 2.75) is 20.3 Å². The first-order valence-corrected chi connectivity index (χ1v) is 3.91. The summed E-state index contributed by atoms with van der Waals surface area (Å²) in [4.78, 5) is 0. The fraction of sp³-hybridized carbons (Fsp3) is 0.600. The normalized spacial score (nSPS) is 9.60. The van der Waals surface area contributed by atoms with E-state index in [9.17, 15) is 0 Å². The van der Waals surface area contributed by atoms with Crippen LogP contribution in [-0.4, -0.2) is 17.5 Å². The molecule has 0 N–H and O–H groups in total. The van der Waals surface area contributed by atoms with Gasteiger partial charge in [0.1, 0.15) is 0 Å². The molecule has 0 aliphatic rings. The van der Waals surface area contributed by atoms with E-state index in [1.165, 1.54) is 5.57 Å². The summed E-state index contributed by atoms with van der Waals surface area (Å²) in [6, 6.07) is 0. The first-order valence-electron chi connectivity index (χ1n) is 2.58. The molecule has 62 valence electrons. The molecule has 5 heteroatoms. The van der Waals surface area contributed by atoms with Gasteiger partial charge in [0.15, 0.2) is 0 Å². The van der Waals surface area contributed by atoms with E-state index in [-0.39, 0.29) is 0 Å². The molecule has 10 heavy (non-hydrogen) atoms. The Bertz CT molecular complexity index is 172. The molecule has 0 aliphatic heterocycles. The molecule has 0 aromatic rings. The van der Waals surface area contributed by atoms with Crippen LogP contribution in [0, 0.1) is 0 Å². The number of hydrogen-bond donors (Lipinski definition) is 0. The summed E-state index contributed by atoms with van der Waals surface area (Å²) in [6.45, 7) is 7.80. The highest BCUT2D eigenvalue weighted by molar-refractivity contribution is 7.79. The maximum atomic E-state index is 8.52. The molecule has 0 unspecified atom stereocenters. The second-order valence-corrected chi connectivity index (χ2v) is 2.54. The quantitative estimate of drug-likeness (QED) is 0.325. The second kappa shape index (κ2) is 5.40. The lowest BCUT2D eigenvalue weighted by Gasteiger charge is -2.06. The van der Waals surface area contributed by atoms with Crippen LogP contribution in [0.5, 0.6) is 0 Å². The molecule has 0 aromatic heterocycles. The maximum Gasteiger partial charge on any atom is 0.0311 e. The second-order valence-electron chi connectivity index (χ2n) is 1.72. The fourth-order valence-electron chi connectivity index (χ4n) is 0. The fourth-order valence-corrected chi connectivity index (χ4v) is 0. The summed E-state index contributed by atoms with van der Waals surface area (Å²) in [5.74, 6) is 0. The van der Waals surface area contributed by atoms with Crippen molar-refractivity contribution in [1.82, 2.24) is 0 Å². The highest BCUT2D eigenvalue weighted by Gasteiger charge is 1.67. The van der Waals surface area contributed by atoms with Crippen LogP contribution in [0.2, 0.25) is 0 Å². The van der Waals surface area contributed by atoms with E-state index in [0.29, 0.717) is 0 Å². The summed E-state index contributed by atoms with van der Waals surface area (Å²) in [5, 5.41) is 0. The van der Waals surface area contributed by atoms with E-state index in [2.05, 4.69) is 13.5 Å². The van der Waals surface area contributed by atoms with Crippen LogP contribution in [-0.2, 0) is 10.4 Å². The van der Waals surface area contributed by atoms with Crippen molar-refractivity contribution in [3.63, 3.8) is 0 Å². The molecule has 0 saturated heterocycles. The maximum absolute atomic E-state index is 8.52. The van der Waals surface area contributed by atoms with Crippen LogP contribution in [0.3, 0.4) is 0 Å². The van der Waals surface area contributed by atoms with E-state index in [4.69, 9.17) is 17.5 Å². The molecule has 0 amide bonds. The first-order chi connectivity index (χ1) is 4.27. The predicted molar refractivity (Wildman–Crippen MR) is 35.6 cm³/mol. The summed E-state index contributed by atoms with van der Waals surface area (Å²) in [6.07, 6.45) is 1.11. The van der Waals surface area contributed by atoms with Crippen molar-refractivity contribution in [2.24, 2.45) is 0 Å². The highest BCUT2D eigenvalue weighted by atomic mass is 32.3. The van der Waals surface area contributed by atoms with Gasteiger partial charge in [-0.05, 0) is 13.3 Å². The Morgan fingerprint density at radius 3 is 1.60 bits per heavy atom. The Labute approximate surface area is 61.1 Å². The lowest BCUT2D eigenvalue weighted by Crippen LogP contribution is -1.91. The predicted octanol–water partition coefficient (Wildman–Crippen LogP) is 0.635. The molecule has 0 saturated carbocycles. The molecular formula is C5H10O4S-2. The zero-order valence-corrected chi connectivity index (χ0v) is 6.77. The van der Waals surface area contributed by atoms with Gasteiger partial charge in [-0.15, -0.1) is 6.58 Å². The lowest BCUT2D eigenvalue weighted by atomic mass is 10.3. The van der Waals surface area contributed by atoms with Gasteiger partial charge in [0.25, 0.3) is 0 Å². The summed E-state index contributed by atoms with van der Waals surface area (Å²) >= 11 is 0. The van der Waals surface area contributed by atoms with Gasteiger partial charge in [-0.1, -0.05) is 12.5 Å².